The summed E-state index contributed by atoms with van der Waals surface area (Å²) in [5.41, 5.74) is 0.709. The zero-order chi connectivity index (χ0) is 19.0. The highest BCUT2D eigenvalue weighted by atomic mass is 16.5. The van der Waals surface area contributed by atoms with E-state index < -0.39 is 23.7 Å². The first-order chi connectivity index (χ1) is 13.1. The van der Waals surface area contributed by atoms with E-state index in [1.807, 2.05) is 12.1 Å². The first-order valence-electron chi connectivity index (χ1n) is 8.31. The van der Waals surface area contributed by atoms with Gasteiger partial charge in [0.05, 0.1) is 5.92 Å². The van der Waals surface area contributed by atoms with Crippen LogP contribution in [0.1, 0.15) is 28.6 Å². The molecule has 1 aliphatic heterocycles. The van der Waals surface area contributed by atoms with Gasteiger partial charge in [0.2, 0.25) is 11.2 Å². The Balaban J connectivity index is 1.92. The van der Waals surface area contributed by atoms with Crippen molar-refractivity contribution >= 4 is 5.76 Å². The van der Waals surface area contributed by atoms with Crippen LogP contribution in [0, 0.1) is 0 Å². The van der Waals surface area contributed by atoms with Crippen LogP contribution in [0.2, 0.25) is 0 Å². The molecular formula is C21H16O6. The van der Waals surface area contributed by atoms with Gasteiger partial charge < -0.3 is 24.5 Å². The average Bonchev–Trinajstić information content (AvgIpc) is 2.69. The number of aromatic hydroxyl groups is 2. The van der Waals surface area contributed by atoms with E-state index in [1.54, 1.807) is 42.5 Å². The van der Waals surface area contributed by atoms with Crippen molar-refractivity contribution < 1.29 is 24.5 Å². The third kappa shape index (κ3) is 3.07. The number of phenols is 1. The molecule has 6 heteroatoms. The first kappa shape index (κ1) is 16.9. The molecule has 27 heavy (non-hydrogen) atoms. The van der Waals surface area contributed by atoms with Gasteiger partial charge in [-0.2, -0.15) is 0 Å². The molecule has 0 spiro atoms. The molecule has 3 aromatic rings. The van der Waals surface area contributed by atoms with Gasteiger partial charge in [-0.05, 0) is 24.3 Å². The summed E-state index contributed by atoms with van der Waals surface area (Å²) in [5.74, 6) is 0.0471. The van der Waals surface area contributed by atoms with Crippen molar-refractivity contribution in [2.75, 3.05) is 0 Å². The Morgan fingerprint density at radius 3 is 2.59 bits per heavy atom. The second kappa shape index (κ2) is 6.66. The number of ether oxygens (including phenoxy) is 1. The van der Waals surface area contributed by atoms with E-state index in [4.69, 9.17) is 9.15 Å². The maximum absolute atomic E-state index is 12.1. The molecule has 0 amide bonds. The maximum Gasteiger partial charge on any atom is 0.227 e. The molecule has 136 valence electrons. The molecule has 0 radical (unpaired) electrons. The van der Waals surface area contributed by atoms with Gasteiger partial charge in [-0.1, -0.05) is 30.3 Å². The van der Waals surface area contributed by atoms with Crippen molar-refractivity contribution in [2.24, 2.45) is 0 Å². The number of allylic oxidation sites excluding steroid dienone is 1. The third-order valence-electron chi connectivity index (χ3n) is 4.36. The second-order valence-electron chi connectivity index (χ2n) is 6.15. The quantitative estimate of drug-likeness (QED) is 0.660. The fraction of sp³-hybridized carbons (Fsp3) is 0.0952. The minimum absolute atomic E-state index is 0.0277. The molecule has 1 aromatic heterocycles. The Kier molecular flexibility index (Phi) is 4.18. The van der Waals surface area contributed by atoms with Crippen LogP contribution in [0.5, 0.6) is 17.2 Å². The molecule has 1 atom stereocenters. The monoisotopic (exact) mass is 364 g/mol. The number of hydrogen-bond acceptors (Lipinski definition) is 6. The SMILES string of the molecule is O=c1cc(CO)oc(C2C=C(c3cccc(O)c3)Oc3ccccc32)c1O. The van der Waals surface area contributed by atoms with Gasteiger partial charge in [0.25, 0.3) is 0 Å². The fourth-order valence-electron chi connectivity index (χ4n) is 3.10. The summed E-state index contributed by atoms with van der Waals surface area (Å²) in [6.07, 6.45) is 1.70. The summed E-state index contributed by atoms with van der Waals surface area (Å²) >= 11 is 0. The maximum atomic E-state index is 12.1. The standard InChI is InChI=1S/C21H16O6/c22-11-14-9-17(24)20(25)21(26-14)16-10-19(12-4-3-5-13(23)8-12)27-18-7-2-1-6-15(16)18/h1-10,16,22-23,25H,11H2. The van der Waals surface area contributed by atoms with E-state index in [0.717, 1.165) is 6.07 Å². The Morgan fingerprint density at radius 1 is 1.00 bits per heavy atom. The summed E-state index contributed by atoms with van der Waals surface area (Å²) in [6.45, 7) is -0.462. The van der Waals surface area contributed by atoms with Crippen LogP contribution < -0.4 is 10.2 Å². The lowest BCUT2D eigenvalue weighted by Crippen LogP contribution is -2.13. The molecule has 0 fully saturated rings. The molecule has 2 heterocycles. The Hall–Kier alpha value is -3.51. The lowest BCUT2D eigenvalue weighted by Gasteiger charge is -2.25. The third-order valence-corrected chi connectivity index (χ3v) is 4.36. The van der Waals surface area contributed by atoms with Crippen LogP contribution in [0.25, 0.3) is 5.76 Å². The number of aliphatic hydroxyl groups excluding tert-OH is 1. The highest BCUT2D eigenvalue weighted by Gasteiger charge is 2.29. The zero-order valence-electron chi connectivity index (χ0n) is 14.1. The molecule has 1 aliphatic rings. The fourth-order valence-corrected chi connectivity index (χ4v) is 3.10. The molecule has 0 saturated carbocycles. The van der Waals surface area contributed by atoms with Crippen molar-refractivity contribution in [3.05, 3.63) is 93.5 Å². The van der Waals surface area contributed by atoms with Gasteiger partial charge >= 0.3 is 0 Å². The summed E-state index contributed by atoms with van der Waals surface area (Å²) in [6, 6.07) is 14.8. The molecule has 4 rings (SSSR count). The van der Waals surface area contributed by atoms with E-state index in [0.29, 0.717) is 22.6 Å². The molecular weight excluding hydrogens is 348 g/mol. The highest BCUT2D eigenvalue weighted by Crippen LogP contribution is 2.43. The van der Waals surface area contributed by atoms with E-state index in [2.05, 4.69) is 0 Å². The number of fused-ring (bicyclic) bond motifs is 1. The van der Waals surface area contributed by atoms with Crippen molar-refractivity contribution in [1.29, 1.82) is 0 Å². The largest absolute Gasteiger partial charge is 0.508 e. The Morgan fingerprint density at radius 2 is 1.81 bits per heavy atom. The van der Waals surface area contributed by atoms with Gasteiger partial charge in [-0.15, -0.1) is 0 Å². The molecule has 3 N–H and O–H groups in total. The Bertz CT molecular complexity index is 1100. The number of rotatable bonds is 3. The summed E-state index contributed by atoms with van der Waals surface area (Å²) in [4.78, 5) is 12.1. The van der Waals surface area contributed by atoms with Crippen LogP contribution in [0.3, 0.4) is 0 Å². The predicted molar refractivity (Wildman–Crippen MR) is 97.6 cm³/mol. The van der Waals surface area contributed by atoms with Crippen molar-refractivity contribution in [1.82, 2.24) is 0 Å². The van der Waals surface area contributed by atoms with E-state index >= 15 is 0 Å². The normalized spacial score (nSPS) is 15.6. The molecule has 0 saturated heterocycles. The molecule has 0 bridgehead atoms. The predicted octanol–water partition coefficient (Wildman–Crippen LogP) is 3.11. The minimum atomic E-state index is -0.628. The van der Waals surface area contributed by atoms with Crippen molar-refractivity contribution in [3.63, 3.8) is 0 Å². The molecule has 1 unspecified atom stereocenters. The minimum Gasteiger partial charge on any atom is -0.508 e. The van der Waals surface area contributed by atoms with Crippen LogP contribution in [-0.2, 0) is 6.61 Å². The van der Waals surface area contributed by atoms with Crippen LogP contribution >= 0.6 is 0 Å². The second-order valence-corrected chi connectivity index (χ2v) is 6.15. The number of phenolic OH excluding ortho intramolecular Hbond substituents is 1. The topological polar surface area (TPSA) is 100 Å². The van der Waals surface area contributed by atoms with E-state index in [1.165, 1.54) is 0 Å². The van der Waals surface area contributed by atoms with E-state index in [9.17, 15) is 20.1 Å². The van der Waals surface area contributed by atoms with Gasteiger partial charge in [0.15, 0.2) is 5.76 Å². The van der Waals surface area contributed by atoms with Gasteiger partial charge in [-0.3, -0.25) is 4.79 Å². The highest BCUT2D eigenvalue weighted by molar-refractivity contribution is 5.69. The average molecular weight is 364 g/mol. The first-order valence-corrected chi connectivity index (χ1v) is 8.31. The lowest BCUT2D eigenvalue weighted by molar-refractivity contribution is 0.234. The summed E-state index contributed by atoms with van der Waals surface area (Å²) < 4.78 is 11.5. The van der Waals surface area contributed by atoms with Gasteiger partial charge in [-0.25, -0.2) is 0 Å². The summed E-state index contributed by atoms with van der Waals surface area (Å²) in [5, 5.41) is 29.4. The summed E-state index contributed by atoms with van der Waals surface area (Å²) in [7, 11) is 0. The van der Waals surface area contributed by atoms with Gasteiger partial charge in [0, 0.05) is 17.2 Å². The number of aliphatic hydroxyl groups is 1. The smallest absolute Gasteiger partial charge is 0.227 e. The zero-order valence-corrected chi connectivity index (χ0v) is 14.1. The van der Waals surface area contributed by atoms with Crippen LogP contribution in [0.15, 0.2) is 69.9 Å². The Labute approximate surface area is 154 Å². The molecule has 0 aliphatic carbocycles. The number of hydrogen-bond donors (Lipinski definition) is 3. The van der Waals surface area contributed by atoms with Crippen LogP contribution in [-0.4, -0.2) is 15.3 Å². The van der Waals surface area contributed by atoms with Crippen molar-refractivity contribution in [3.8, 4) is 17.2 Å². The van der Waals surface area contributed by atoms with Gasteiger partial charge in [0.1, 0.15) is 29.6 Å². The van der Waals surface area contributed by atoms with Crippen molar-refractivity contribution in [2.45, 2.75) is 12.5 Å². The number of benzene rings is 2. The lowest BCUT2D eigenvalue weighted by atomic mass is 9.91. The van der Waals surface area contributed by atoms with E-state index in [-0.39, 0.29) is 17.3 Å². The number of para-hydroxylation sites is 1. The molecule has 6 nitrogen and oxygen atoms in total. The molecule has 2 aromatic carbocycles. The van der Waals surface area contributed by atoms with Crippen LogP contribution in [0.4, 0.5) is 0 Å².